The van der Waals surface area contributed by atoms with Crippen molar-refractivity contribution in [2.24, 2.45) is 7.05 Å². The number of ether oxygens (including phenoxy) is 1. The summed E-state index contributed by atoms with van der Waals surface area (Å²) in [6.45, 7) is 1.02. The summed E-state index contributed by atoms with van der Waals surface area (Å²) in [7, 11) is 2.04. The summed E-state index contributed by atoms with van der Waals surface area (Å²) in [5.74, 6) is 1.10. The highest BCUT2D eigenvalue weighted by Gasteiger charge is 2.33. The summed E-state index contributed by atoms with van der Waals surface area (Å²) in [5.41, 5.74) is 2.12. The Morgan fingerprint density at radius 1 is 1.21 bits per heavy atom. The van der Waals surface area contributed by atoms with Gasteiger partial charge in [-0.05, 0) is 37.8 Å². The Morgan fingerprint density at radius 2 is 2.00 bits per heavy atom. The zero-order chi connectivity index (χ0) is 16.5. The van der Waals surface area contributed by atoms with E-state index in [1.165, 1.54) is 12.8 Å². The number of rotatable bonds is 4. The summed E-state index contributed by atoms with van der Waals surface area (Å²) < 4.78 is 7.96. The van der Waals surface area contributed by atoms with Gasteiger partial charge < -0.3 is 14.2 Å². The van der Waals surface area contributed by atoms with Gasteiger partial charge in [-0.3, -0.25) is 4.79 Å². The molecule has 128 valence electrons. The van der Waals surface area contributed by atoms with Crippen molar-refractivity contribution in [3.05, 3.63) is 30.1 Å². The van der Waals surface area contributed by atoms with E-state index in [1.807, 2.05) is 30.1 Å². The molecule has 0 bridgehead atoms. The molecule has 1 aromatic carbocycles. The lowest BCUT2D eigenvalue weighted by atomic mass is 10.2. The maximum atomic E-state index is 12.7. The zero-order valence-corrected chi connectivity index (χ0v) is 14.3. The number of nitrogens with zero attached hydrogens (tertiary/aromatic N) is 3. The first-order valence-electron chi connectivity index (χ1n) is 9.06. The third-order valence-corrected chi connectivity index (χ3v) is 5.44. The molecule has 1 aromatic heterocycles. The average molecular weight is 327 g/mol. The number of benzene rings is 1. The van der Waals surface area contributed by atoms with Gasteiger partial charge in [0, 0.05) is 13.6 Å². The highest BCUT2D eigenvalue weighted by molar-refractivity contribution is 5.79. The second-order valence-corrected chi connectivity index (χ2v) is 6.98. The van der Waals surface area contributed by atoms with Crippen LogP contribution in [0, 0.1) is 0 Å². The van der Waals surface area contributed by atoms with E-state index in [2.05, 4.69) is 10.6 Å². The van der Waals surface area contributed by atoms with Gasteiger partial charge in [0.05, 0.1) is 23.2 Å². The number of para-hydroxylation sites is 2. The first-order chi connectivity index (χ1) is 11.7. The van der Waals surface area contributed by atoms with Crippen molar-refractivity contribution in [1.82, 2.24) is 14.5 Å². The Bertz CT molecular complexity index is 733. The van der Waals surface area contributed by atoms with Gasteiger partial charge in [0.15, 0.2) is 0 Å². The maximum absolute atomic E-state index is 12.7. The molecule has 1 amide bonds. The number of imidazole rings is 1. The lowest BCUT2D eigenvalue weighted by Gasteiger charge is -2.25. The minimum absolute atomic E-state index is 0.0714. The fourth-order valence-corrected chi connectivity index (χ4v) is 4.12. The lowest BCUT2D eigenvalue weighted by Crippen LogP contribution is -2.35. The molecule has 0 spiro atoms. The van der Waals surface area contributed by atoms with E-state index in [0.29, 0.717) is 0 Å². The molecular weight excluding hydrogens is 302 g/mol. The Morgan fingerprint density at radius 3 is 2.79 bits per heavy atom. The monoisotopic (exact) mass is 327 g/mol. The van der Waals surface area contributed by atoms with Gasteiger partial charge in [-0.1, -0.05) is 25.0 Å². The molecule has 1 saturated carbocycles. The molecule has 2 aromatic rings. The fourth-order valence-electron chi connectivity index (χ4n) is 4.12. The highest BCUT2D eigenvalue weighted by atomic mass is 16.5. The summed E-state index contributed by atoms with van der Waals surface area (Å²) in [5, 5.41) is 0. The summed E-state index contributed by atoms with van der Waals surface area (Å²) in [4.78, 5) is 19.4. The Balaban J connectivity index is 1.51. The smallest absolute Gasteiger partial charge is 0.249 e. The van der Waals surface area contributed by atoms with E-state index in [4.69, 9.17) is 9.72 Å². The van der Waals surface area contributed by atoms with Crippen LogP contribution in [0.4, 0.5) is 0 Å². The Hall–Kier alpha value is -1.88. The Labute approximate surface area is 142 Å². The average Bonchev–Trinajstić information content (AvgIpc) is 3.33. The molecule has 4 rings (SSSR count). The molecule has 2 heterocycles. The topological polar surface area (TPSA) is 47.4 Å². The molecule has 5 heteroatoms. The van der Waals surface area contributed by atoms with Crippen LogP contribution in [0.25, 0.3) is 11.0 Å². The van der Waals surface area contributed by atoms with Crippen LogP contribution >= 0.6 is 0 Å². The number of hydrogen-bond acceptors (Lipinski definition) is 3. The second kappa shape index (κ2) is 6.55. The minimum atomic E-state index is 0.0714. The Kier molecular flexibility index (Phi) is 4.27. The van der Waals surface area contributed by atoms with Crippen LogP contribution in [0.15, 0.2) is 24.3 Å². The molecule has 1 atom stereocenters. The molecule has 0 radical (unpaired) electrons. The van der Waals surface area contributed by atoms with Gasteiger partial charge in [0.25, 0.3) is 0 Å². The van der Waals surface area contributed by atoms with E-state index in [9.17, 15) is 4.79 Å². The predicted octanol–water partition coefficient (Wildman–Crippen LogP) is 3.20. The first kappa shape index (κ1) is 15.6. The van der Waals surface area contributed by atoms with E-state index < -0.39 is 0 Å². The molecule has 1 saturated heterocycles. The van der Waals surface area contributed by atoms with Crippen molar-refractivity contribution in [3.8, 4) is 0 Å². The predicted molar refractivity (Wildman–Crippen MR) is 92.6 cm³/mol. The number of carbonyl (C=O) groups excluding carboxylic acids is 1. The third-order valence-electron chi connectivity index (χ3n) is 5.44. The SMILES string of the molecule is Cn1c(C2CCCN2C(=O)COC2CCCC2)nc2ccccc21. The van der Waals surface area contributed by atoms with Gasteiger partial charge in [-0.15, -0.1) is 0 Å². The molecule has 2 fully saturated rings. The highest BCUT2D eigenvalue weighted by Crippen LogP contribution is 2.33. The molecule has 1 unspecified atom stereocenters. The number of aryl methyl sites for hydroxylation is 1. The number of aromatic nitrogens is 2. The first-order valence-corrected chi connectivity index (χ1v) is 9.06. The minimum Gasteiger partial charge on any atom is -0.368 e. The van der Waals surface area contributed by atoms with Crippen molar-refractivity contribution in [3.63, 3.8) is 0 Å². The molecular formula is C19H25N3O2. The van der Waals surface area contributed by atoms with Crippen LogP contribution in [0.2, 0.25) is 0 Å². The molecule has 5 nitrogen and oxygen atoms in total. The quantitative estimate of drug-likeness (QED) is 0.866. The summed E-state index contributed by atoms with van der Waals surface area (Å²) in [6.07, 6.45) is 6.94. The van der Waals surface area contributed by atoms with Crippen molar-refractivity contribution in [2.75, 3.05) is 13.2 Å². The van der Waals surface area contributed by atoms with Crippen molar-refractivity contribution in [2.45, 2.75) is 50.7 Å². The largest absolute Gasteiger partial charge is 0.368 e. The lowest BCUT2D eigenvalue weighted by molar-refractivity contribution is -0.139. The van der Waals surface area contributed by atoms with Gasteiger partial charge in [-0.2, -0.15) is 0 Å². The van der Waals surface area contributed by atoms with Crippen LogP contribution in [0.1, 0.15) is 50.4 Å². The van der Waals surface area contributed by atoms with E-state index in [-0.39, 0.29) is 24.7 Å². The number of likely N-dealkylation sites (tertiary alicyclic amines) is 1. The van der Waals surface area contributed by atoms with Crippen LogP contribution in [0.5, 0.6) is 0 Å². The number of amides is 1. The number of hydrogen-bond donors (Lipinski definition) is 0. The molecule has 1 aliphatic heterocycles. The standard InChI is InChI=1S/C19H25N3O2/c1-21-16-10-5-4-9-15(16)20-19(21)17-11-6-12-22(17)18(23)13-24-14-7-2-3-8-14/h4-5,9-10,14,17H,2-3,6-8,11-13H2,1H3. The molecule has 24 heavy (non-hydrogen) atoms. The number of carbonyl (C=O) groups is 1. The van der Waals surface area contributed by atoms with Crippen molar-refractivity contribution in [1.29, 1.82) is 0 Å². The van der Waals surface area contributed by atoms with Gasteiger partial charge in [-0.25, -0.2) is 4.98 Å². The van der Waals surface area contributed by atoms with E-state index in [0.717, 1.165) is 49.1 Å². The summed E-state index contributed by atoms with van der Waals surface area (Å²) in [6, 6.07) is 8.22. The van der Waals surface area contributed by atoms with Crippen LogP contribution < -0.4 is 0 Å². The van der Waals surface area contributed by atoms with Gasteiger partial charge in [0.1, 0.15) is 12.4 Å². The van der Waals surface area contributed by atoms with Crippen LogP contribution in [-0.4, -0.2) is 39.6 Å². The maximum Gasteiger partial charge on any atom is 0.249 e. The number of fused-ring (bicyclic) bond motifs is 1. The normalized spacial score (nSPS) is 21.9. The second-order valence-electron chi connectivity index (χ2n) is 6.98. The van der Waals surface area contributed by atoms with Crippen LogP contribution in [0.3, 0.4) is 0 Å². The van der Waals surface area contributed by atoms with Gasteiger partial charge in [0.2, 0.25) is 5.91 Å². The summed E-state index contributed by atoms with van der Waals surface area (Å²) >= 11 is 0. The van der Waals surface area contributed by atoms with Gasteiger partial charge >= 0.3 is 0 Å². The zero-order valence-electron chi connectivity index (χ0n) is 14.3. The molecule has 0 N–H and O–H groups in total. The molecule has 1 aliphatic carbocycles. The van der Waals surface area contributed by atoms with E-state index in [1.54, 1.807) is 0 Å². The molecule has 2 aliphatic rings. The third kappa shape index (κ3) is 2.81. The van der Waals surface area contributed by atoms with Crippen LogP contribution in [-0.2, 0) is 16.6 Å². The van der Waals surface area contributed by atoms with E-state index >= 15 is 0 Å². The fraction of sp³-hybridized carbons (Fsp3) is 0.579. The van der Waals surface area contributed by atoms with Crippen molar-refractivity contribution < 1.29 is 9.53 Å². The van der Waals surface area contributed by atoms with Crippen molar-refractivity contribution >= 4 is 16.9 Å².